The molecule has 46 heavy (non-hydrogen) atoms. The number of fused-ring (bicyclic) bond motifs is 3. The van der Waals surface area contributed by atoms with Crippen LogP contribution in [0.15, 0.2) is 30.3 Å². The highest BCUT2D eigenvalue weighted by molar-refractivity contribution is 5.89. The first kappa shape index (κ1) is 31.3. The smallest absolute Gasteiger partial charge is 0.338 e. The number of aliphatic hydroxyl groups is 1. The highest BCUT2D eigenvalue weighted by Crippen LogP contribution is 2.91. The molecule has 0 radical (unpaired) electrons. The molecule has 8 rings (SSSR count). The maximum atomic E-state index is 13.2. The Kier molecular flexibility index (Phi) is 6.68. The van der Waals surface area contributed by atoms with Crippen molar-refractivity contribution in [3.8, 4) is 0 Å². The van der Waals surface area contributed by atoms with Gasteiger partial charge in [0.15, 0.2) is 6.29 Å². The summed E-state index contributed by atoms with van der Waals surface area (Å²) in [5.41, 5.74) is 0.320. The van der Waals surface area contributed by atoms with Gasteiger partial charge in [-0.25, -0.2) is 4.79 Å². The summed E-state index contributed by atoms with van der Waals surface area (Å²) in [7, 11) is 0. The van der Waals surface area contributed by atoms with Gasteiger partial charge in [0.05, 0.1) is 17.3 Å². The van der Waals surface area contributed by atoms with Gasteiger partial charge >= 0.3 is 11.9 Å². The number of hydrogen-bond acceptors (Lipinski definition) is 7. The topological polar surface area (TPSA) is 94.6 Å². The van der Waals surface area contributed by atoms with Gasteiger partial charge in [0.25, 0.3) is 0 Å². The lowest BCUT2D eigenvalue weighted by Gasteiger charge is -2.68. The van der Waals surface area contributed by atoms with Crippen molar-refractivity contribution in [3.63, 3.8) is 0 Å². The van der Waals surface area contributed by atoms with Crippen LogP contribution < -0.4 is 0 Å². The monoisotopic (exact) mass is 634 g/mol. The van der Waals surface area contributed by atoms with Gasteiger partial charge in [-0.15, -0.1) is 0 Å². The van der Waals surface area contributed by atoms with E-state index in [1.54, 1.807) is 6.92 Å². The van der Waals surface area contributed by atoms with Gasteiger partial charge in [-0.2, -0.15) is 0 Å². The fraction of sp³-hybridized carbons (Fsp3) is 0.795. The van der Waals surface area contributed by atoms with Crippen LogP contribution in [0.5, 0.6) is 0 Å². The highest BCUT2D eigenvalue weighted by Gasteiger charge is 2.86. The predicted octanol–water partition coefficient (Wildman–Crippen LogP) is 7.09. The van der Waals surface area contributed by atoms with E-state index in [0.717, 1.165) is 51.4 Å². The molecule has 0 bridgehead atoms. The summed E-state index contributed by atoms with van der Waals surface area (Å²) in [6.07, 6.45) is 8.08. The molecule has 7 nitrogen and oxygen atoms in total. The molecule has 5 aliphatic carbocycles. The Labute approximate surface area is 274 Å². The van der Waals surface area contributed by atoms with Crippen molar-refractivity contribution in [2.45, 2.75) is 143 Å². The van der Waals surface area contributed by atoms with Crippen LogP contribution in [0.2, 0.25) is 0 Å². The van der Waals surface area contributed by atoms with Gasteiger partial charge in [-0.05, 0) is 118 Å². The third-order valence-electron chi connectivity index (χ3n) is 15.7. The van der Waals surface area contributed by atoms with Crippen molar-refractivity contribution < 1.29 is 33.6 Å². The minimum atomic E-state index is -0.738. The average Bonchev–Trinajstić information content (AvgIpc) is 3.75. The minimum absolute atomic E-state index is 0.0383. The van der Waals surface area contributed by atoms with Crippen molar-refractivity contribution in [3.05, 3.63) is 35.9 Å². The van der Waals surface area contributed by atoms with Gasteiger partial charge in [0.1, 0.15) is 18.3 Å². The number of ether oxygens (including phenoxy) is 4. The Bertz CT molecular complexity index is 1420. The second kappa shape index (κ2) is 9.81. The van der Waals surface area contributed by atoms with E-state index in [-0.39, 0.29) is 80.9 Å². The second-order valence-corrected chi connectivity index (χ2v) is 18.1. The zero-order valence-electron chi connectivity index (χ0n) is 28.8. The minimum Gasteiger partial charge on any atom is -0.462 e. The number of benzene rings is 1. The molecule has 0 amide bonds. The van der Waals surface area contributed by atoms with Crippen LogP contribution in [0.3, 0.4) is 0 Å². The number of epoxide rings is 1. The first-order valence-corrected chi connectivity index (χ1v) is 18.1. The summed E-state index contributed by atoms with van der Waals surface area (Å²) < 4.78 is 24.9. The van der Waals surface area contributed by atoms with Crippen LogP contribution in [0, 0.1) is 50.7 Å². The summed E-state index contributed by atoms with van der Waals surface area (Å²) in [6, 6.07) is 9.30. The lowest BCUT2D eigenvalue weighted by atomic mass is 9.37. The number of carbonyl (C=O) groups is 2. The first-order chi connectivity index (χ1) is 21.6. The second-order valence-electron chi connectivity index (χ2n) is 18.1. The van der Waals surface area contributed by atoms with E-state index < -0.39 is 6.29 Å². The molecule has 0 spiro atoms. The van der Waals surface area contributed by atoms with Crippen LogP contribution in [-0.2, 0) is 23.7 Å². The van der Waals surface area contributed by atoms with Gasteiger partial charge < -0.3 is 24.1 Å². The standard InChI is InChI=1S/C39H54O7/c1-22(40)43-30-20-28-34(2,3)29(45-32(41)23-11-9-8-10-12-23)15-16-36(28,6)27-14-17-38-21-39(38,37(27,30)7)18-13-25(38)24-19-26(44-33(24)42)31-35(4,5)46-31/h8-12,24-31,33,42H,13-21H2,1-7H3/t24-,25+,26?,27-,28+,29-,30-,31?,33?,36-,37+,38-,39-/m1/s1. The molecule has 1 N–H and O–H groups in total. The number of aliphatic hydroxyl groups excluding tert-OH is 1. The third-order valence-corrected chi connectivity index (χ3v) is 15.7. The first-order valence-electron chi connectivity index (χ1n) is 18.1. The van der Waals surface area contributed by atoms with Crippen LogP contribution in [0.4, 0.5) is 0 Å². The predicted molar refractivity (Wildman–Crippen MR) is 171 cm³/mol. The van der Waals surface area contributed by atoms with Crippen molar-refractivity contribution in [2.75, 3.05) is 0 Å². The lowest BCUT2D eigenvalue weighted by molar-refractivity contribution is -0.249. The van der Waals surface area contributed by atoms with E-state index in [4.69, 9.17) is 18.9 Å². The van der Waals surface area contributed by atoms with Gasteiger partial charge in [-0.1, -0.05) is 45.9 Å². The molecule has 1 aromatic carbocycles. The van der Waals surface area contributed by atoms with Crippen molar-refractivity contribution >= 4 is 11.9 Å². The van der Waals surface area contributed by atoms with E-state index >= 15 is 0 Å². The molecular formula is C39H54O7. The fourth-order valence-electron chi connectivity index (χ4n) is 13.7. The number of hydrogen-bond donors (Lipinski definition) is 1. The zero-order valence-corrected chi connectivity index (χ0v) is 28.8. The maximum absolute atomic E-state index is 13.2. The molecule has 1 aromatic rings. The van der Waals surface area contributed by atoms with Crippen LogP contribution >= 0.6 is 0 Å². The van der Waals surface area contributed by atoms with Crippen LogP contribution in [0.1, 0.15) is 117 Å². The van der Waals surface area contributed by atoms with E-state index in [9.17, 15) is 14.7 Å². The van der Waals surface area contributed by atoms with E-state index in [2.05, 4.69) is 41.5 Å². The molecule has 13 atom stereocenters. The molecule has 0 aromatic heterocycles. The molecule has 2 saturated heterocycles. The number of esters is 2. The molecule has 7 aliphatic rings. The maximum Gasteiger partial charge on any atom is 0.338 e. The summed E-state index contributed by atoms with van der Waals surface area (Å²) in [6.45, 7) is 15.3. The lowest BCUT2D eigenvalue weighted by Crippen LogP contribution is -2.67. The van der Waals surface area contributed by atoms with Crippen molar-refractivity contribution in [2.24, 2.45) is 50.7 Å². The van der Waals surface area contributed by atoms with Crippen molar-refractivity contribution in [1.29, 1.82) is 0 Å². The Morgan fingerprint density at radius 1 is 0.870 bits per heavy atom. The normalized spacial score (nSPS) is 50.7. The molecule has 5 saturated carbocycles. The quantitative estimate of drug-likeness (QED) is 0.273. The summed E-state index contributed by atoms with van der Waals surface area (Å²) >= 11 is 0. The number of carbonyl (C=O) groups excluding carboxylic acids is 2. The Morgan fingerprint density at radius 3 is 2.26 bits per heavy atom. The van der Waals surface area contributed by atoms with E-state index in [1.807, 2.05) is 30.3 Å². The Balaban J connectivity index is 1.09. The molecule has 7 fully saturated rings. The van der Waals surface area contributed by atoms with Crippen LogP contribution in [0.25, 0.3) is 0 Å². The zero-order chi connectivity index (χ0) is 32.7. The van der Waals surface area contributed by atoms with Gasteiger partial charge in [0.2, 0.25) is 0 Å². The molecule has 2 heterocycles. The summed E-state index contributed by atoms with van der Waals surface area (Å²) in [4.78, 5) is 26.1. The van der Waals surface area contributed by atoms with Crippen molar-refractivity contribution in [1.82, 2.24) is 0 Å². The van der Waals surface area contributed by atoms with E-state index in [1.165, 1.54) is 6.42 Å². The molecule has 252 valence electrons. The van der Waals surface area contributed by atoms with Gasteiger partial charge in [-0.3, -0.25) is 4.79 Å². The third kappa shape index (κ3) is 4.00. The Hall–Kier alpha value is -1.96. The Morgan fingerprint density at radius 2 is 1.59 bits per heavy atom. The fourth-order valence-corrected chi connectivity index (χ4v) is 13.7. The van der Waals surface area contributed by atoms with Crippen LogP contribution in [-0.4, -0.2) is 53.4 Å². The van der Waals surface area contributed by atoms with E-state index in [0.29, 0.717) is 17.4 Å². The molecule has 7 heteroatoms. The molecule has 2 aliphatic heterocycles. The molecular weight excluding hydrogens is 580 g/mol. The summed E-state index contributed by atoms with van der Waals surface area (Å²) in [5, 5.41) is 11.3. The van der Waals surface area contributed by atoms with Gasteiger partial charge in [0, 0.05) is 23.7 Å². The highest BCUT2D eigenvalue weighted by atomic mass is 16.7. The average molecular weight is 635 g/mol. The largest absolute Gasteiger partial charge is 0.462 e. The number of rotatable bonds is 5. The SMILES string of the molecule is CC(=O)O[C@@H]1C[C@H]2C(C)(C)[C@H](OC(=O)c3ccccc3)CC[C@]2(C)[C@H]2CC[C@]34C[C@]3(CC[C@H]4[C@H]3CC(C4OC4(C)C)OC3O)[C@@]21C. The molecule has 3 unspecified atom stereocenters. The summed E-state index contributed by atoms with van der Waals surface area (Å²) in [5.74, 6) is 0.736.